The normalized spacial score (nSPS) is 10.7. The lowest BCUT2D eigenvalue weighted by atomic mass is 10.2. The van der Waals surface area contributed by atoms with Crippen LogP contribution in [0.25, 0.3) is 5.82 Å². The summed E-state index contributed by atoms with van der Waals surface area (Å²) in [5.74, 6) is 3.45. The third-order valence-corrected chi connectivity index (χ3v) is 4.01. The topological polar surface area (TPSA) is 61.2 Å². The summed E-state index contributed by atoms with van der Waals surface area (Å²) in [4.78, 5) is 8.72. The van der Waals surface area contributed by atoms with Crippen molar-refractivity contribution in [2.45, 2.75) is 20.0 Å². The number of benzene rings is 1. The van der Waals surface area contributed by atoms with Crippen molar-refractivity contribution < 1.29 is 9.47 Å². The van der Waals surface area contributed by atoms with E-state index in [9.17, 15) is 0 Å². The zero-order valence-corrected chi connectivity index (χ0v) is 14.7. The SMILES string of the molecule is COc1ccc(OC)c(CNCc2ccc(-n3ccnc3C)nc2)c1. The summed E-state index contributed by atoms with van der Waals surface area (Å²) in [6.45, 7) is 3.36. The molecular formula is C19H22N4O2. The number of nitrogens with zero attached hydrogens (tertiary/aromatic N) is 3. The molecule has 0 unspecified atom stereocenters. The van der Waals surface area contributed by atoms with Gasteiger partial charge in [-0.1, -0.05) is 6.07 Å². The highest BCUT2D eigenvalue weighted by Crippen LogP contribution is 2.23. The molecule has 1 aromatic carbocycles. The van der Waals surface area contributed by atoms with Crippen molar-refractivity contribution in [3.05, 3.63) is 65.9 Å². The molecule has 0 aliphatic rings. The third kappa shape index (κ3) is 3.97. The van der Waals surface area contributed by atoms with Crippen LogP contribution < -0.4 is 14.8 Å². The Morgan fingerprint density at radius 1 is 1.04 bits per heavy atom. The molecule has 3 aromatic rings. The van der Waals surface area contributed by atoms with Gasteiger partial charge in [0.05, 0.1) is 14.2 Å². The molecule has 2 aromatic heterocycles. The Morgan fingerprint density at radius 3 is 2.56 bits per heavy atom. The largest absolute Gasteiger partial charge is 0.497 e. The maximum Gasteiger partial charge on any atom is 0.137 e. The fourth-order valence-electron chi connectivity index (χ4n) is 2.65. The number of ether oxygens (including phenoxy) is 2. The lowest BCUT2D eigenvalue weighted by Gasteiger charge is -2.11. The van der Waals surface area contributed by atoms with E-state index >= 15 is 0 Å². The maximum atomic E-state index is 5.40. The molecule has 3 rings (SSSR count). The highest BCUT2D eigenvalue weighted by molar-refractivity contribution is 5.40. The van der Waals surface area contributed by atoms with E-state index in [4.69, 9.17) is 9.47 Å². The van der Waals surface area contributed by atoms with E-state index in [2.05, 4.69) is 21.4 Å². The average molecular weight is 338 g/mol. The van der Waals surface area contributed by atoms with Crippen LogP contribution in [0.4, 0.5) is 0 Å². The molecule has 0 spiro atoms. The van der Waals surface area contributed by atoms with Crippen LogP contribution in [0.5, 0.6) is 11.5 Å². The van der Waals surface area contributed by atoms with Crippen molar-refractivity contribution in [1.82, 2.24) is 19.9 Å². The van der Waals surface area contributed by atoms with E-state index in [1.165, 1.54) is 0 Å². The number of aryl methyl sites for hydroxylation is 1. The third-order valence-electron chi connectivity index (χ3n) is 4.01. The van der Waals surface area contributed by atoms with Gasteiger partial charge in [0.15, 0.2) is 0 Å². The first-order valence-corrected chi connectivity index (χ1v) is 8.08. The van der Waals surface area contributed by atoms with Gasteiger partial charge < -0.3 is 14.8 Å². The summed E-state index contributed by atoms with van der Waals surface area (Å²) in [5, 5.41) is 3.41. The first-order chi connectivity index (χ1) is 12.2. The molecular weight excluding hydrogens is 316 g/mol. The second-order valence-electron chi connectivity index (χ2n) is 5.65. The molecule has 0 bridgehead atoms. The number of pyridine rings is 1. The summed E-state index contributed by atoms with van der Waals surface area (Å²) in [5.41, 5.74) is 2.17. The Hall–Kier alpha value is -2.86. The second kappa shape index (κ2) is 7.81. The number of nitrogens with one attached hydrogen (secondary N) is 1. The van der Waals surface area contributed by atoms with Gasteiger partial charge in [-0.25, -0.2) is 9.97 Å². The minimum Gasteiger partial charge on any atom is -0.497 e. The van der Waals surface area contributed by atoms with Crippen LogP contribution in [0.3, 0.4) is 0 Å². The Morgan fingerprint density at radius 2 is 1.92 bits per heavy atom. The lowest BCUT2D eigenvalue weighted by Crippen LogP contribution is -2.14. The van der Waals surface area contributed by atoms with Gasteiger partial charge in [0.1, 0.15) is 23.1 Å². The van der Waals surface area contributed by atoms with Gasteiger partial charge in [-0.3, -0.25) is 4.57 Å². The molecule has 0 radical (unpaired) electrons. The van der Waals surface area contributed by atoms with Crippen LogP contribution in [-0.4, -0.2) is 28.8 Å². The Bertz CT molecular complexity index is 828. The van der Waals surface area contributed by atoms with Gasteiger partial charge in [-0.15, -0.1) is 0 Å². The molecule has 0 saturated carbocycles. The number of methoxy groups -OCH3 is 2. The summed E-state index contributed by atoms with van der Waals surface area (Å²) in [6.07, 6.45) is 5.56. The molecule has 130 valence electrons. The molecule has 0 amide bonds. The predicted octanol–water partition coefficient (Wildman–Crippen LogP) is 2.88. The molecule has 1 N–H and O–H groups in total. The van der Waals surface area contributed by atoms with Crippen LogP contribution >= 0.6 is 0 Å². The fraction of sp³-hybridized carbons (Fsp3) is 0.263. The van der Waals surface area contributed by atoms with Crippen molar-refractivity contribution in [3.8, 4) is 17.3 Å². The molecule has 0 aliphatic carbocycles. The first kappa shape index (κ1) is 17.0. The van der Waals surface area contributed by atoms with Gasteiger partial charge in [-0.2, -0.15) is 0 Å². The van der Waals surface area contributed by atoms with E-state index in [-0.39, 0.29) is 0 Å². The highest BCUT2D eigenvalue weighted by Gasteiger charge is 2.06. The Labute approximate surface area is 147 Å². The Kier molecular flexibility index (Phi) is 5.30. The number of hydrogen-bond donors (Lipinski definition) is 1. The molecule has 6 nitrogen and oxygen atoms in total. The quantitative estimate of drug-likeness (QED) is 0.718. The van der Waals surface area contributed by atoms with Crippen molar-refractivity contribution in [1.29, 1.82) is 0 Å². The van der Waals surface area contributed by atoms with Crippen molar-refractivity contribution in [2.75, 3.05) is 14.2 Å². The van der Waals surface area contributed by atoms with Gasteiger partial charge in [0.25, 0.3) is 0 Å². The maximum absolute atomic E-state index is 5.40. The summed E-state index contributed by atoms with van der Waals surface area (Å²) in [7, 11) is 3.33. The van der Waals surface area contributed by atoms with Crippen molar-refractivity contribution >= 4 is 0 Å². The molecule has 6 heteroatoms. The van der Waals surface area contributed by atoms with E-state index in [0.717, 1.165) is 40.8 Å². The van der Waals surface area contributed by atoms with E-state index in [1.807, 2.05) is 48.1 Å². The van der Waals surface area contributed by atoms with Crippen molar-refractivity contribution in [3.63, 3.8) is 0 Å². The smallest absolute Gasteiger partial charge is 0.137 e. The Balaban J connectivity index is 1.62. The molecule has 25 heavy (non-hydrogen) atoms. The van der Waals surface area contributed by atoms with Crippen LogP contribution in [0.15, 0.2) is 48.9 Å². The standard InChI is InChI=1S/C19H22N4O2/c1-14-21-8-9-23(14)19-7-4-15(12-22-19)11-20-13-16-10-17(24-2)5-6-18(16)25-3/h4-10,12,20H,11,13H2,1-3H3. The number of imidazole rings is 1. The summed E-state index contributed by atoms with van der Waals surface area (Å²) >= 11 is 0. The molecule has 0 saturated heterocycles. The lowest BCUT2D eigenvalue weighted by molar-refractivity contribution is 0.397. The van der Waals surface area contributed by atoms with Crippen LogP contribution in [0.2, 0.25) is 0 Å². The minimum atomic E-state index is 0.683. The molecule has 0 aliphatic heterocycles. The van der Waals surface area contributed by atoms with E-state index < -0.39 is 0 Å². The summed E-state index contributed by atoms with van der Waals surface area (Å²) in [6, 6.07) is 9.85. The molecule has 2 heterocycles. The van der Waals surface area contributed by atoms with Crippen molar-refractivity contribution in [2.24, 2.45) is 0 Å². The van der Waals surface area contributed by atoms with Gasteiger partial charge in [0, 0.05) is 37.2 Å². The van der Waals surface area contributed by atoms with Crippen LogP contribution in [-0.2, 0) is 13.1 Å². The zero-order valence-electron chi connectivity index (χ0n) is 14.7. The zero-order chi connectivity index (χ0) is 17.6. The summed E-state index contributed by atoms with van der Waals surface area (Å²) < 4.78 is 12.6. The van der Waals surface area contributed by atoms with Crippen LogP contribution in [0.1, 0.15) is 17.0 Å². The minimum absolute atomic E-state index is 0.683. The fourth-order valence-corrected chi connectivity index (χ4v) is 2.65. The van der Waals surface area contributed by atoms with Gasteiger partial charge >= 0.3 is 0 Å². The van der Waals surface area contributed by atoms with Gasteiger partial charge in [0.2, 0.25) is 0 Å². The average Bonchev–Trinajstić information content (AvgIpc) is 3.08. The van der Waals surface area contributed by atoms with E-state index in [0.29, 0.717) is 6.54 Å². The number of aromatic nitrogens is 3. The molecule has 0 atom stereocenters. The molecule has 0 fully saturated rings. The monoisotopic (exact) mass is 338 g/mol. The predicted molar refractivity (Wildman–Crippen MR) is 96.2 cm³/mol. The van der Waals surface area contributed by atoms with Crippen LogP contribution in [0, 0.1) is 6.92 Å². The highest BCUT2D eigenvalue weighted by atomic mass is 16.5. The van der Waals surface area contributed by atoms with Gasteiger partial charge in [-0.05, 0) is 36.8 Å². The first-order valence-electron chi connectivity index (χ1n) is 8.08. The van der Waals surface area contributed by atoms with E-state index in [1.54, 1.807) is 20.4 Å². The second-order valence-corrected chi connectivity index (χ2v) is 5.65. The number of rotatable bonds is 7. The number of hydrogen-bond acceptors (Lipinski definition) is 5.